The van der Waals surface area contributed by atoms with Gasteiger partial charge in [0, 0.05) is 50.1 Å². The van der Waals surface area contributed by atoms with Crippen LogP contribution in [0.2, 0.25) is 0 Å². The van der Waals surface area contributed by atoms with Crippen molar-refractivity contribution >= 4 is 23.6 Å². The Morgan fingerprint density at radius 2 is 2.36 bits per heavy atom. The Hall–Kier alpha value is -1.56. The standard InChI is InChI=1S/C16H23N3O2S/c1-22-11-9-18-16(21)13-5-6-15(20)19(12-13)10-7-14-4-2-3-8-17-14/h2-4,8,13H,5-7,9-12H2,1H3,(H,18,21)/t13-/m0/s1. The quantitative estimate of drug-likeness (QED) is 0.770. The highest BCUT2D eigenvalue weighted by Gasteiger charge is 2.29. The summed E-state index contributed by atoms with van der Waals surface area (Å²) in [4.78, 5) is 30.2. The molecule has 6 heteroatoms. The first-order chi connectivity index (χ1) is 10.7. The number of hydrogen-bond donors (Lipinski definition) is 1. The number of pyridine rings is 1. The van der Waals surface area contributed by atoms with E-state index in [4.69, 9.17) is 0 Å². The van der Waals surface area contributed by atoms with E-state index < -0.39 is 0 Å². The Labute approximate surface area is 135 Å². The highest BCUT2D eigenvalue weighted by Crippen LogP contribution is 2.18. The fourth-order valence-corrected chi connectivity index (χ4v) is 2.87. The first-order valence-electron chi connectivity index (χ1n) is 7.65. The molecule has 0 unspecified atom stereocenters. The van der Waals surface area contributed by atoms with Crippen LogP contribution in [-0.2, 0) is 16.0 Å². The molecule has 2 heterocycles. The molecule has 2 amide bonds. The van der Waals surface area contributed by atoms with Gasteiger partial charge in [-0.3, -0.25) is 14.6 Å². The van der Waals surface area contributed by atoms with Gasteiger partial charge in [-0.15, -0.1) is 0 Å². The number of amides is 2. The van der Waals surface area contributed by atoms with Crippen LogP contribution in [0.5, 0.6) is 0 Å². The number of thioether (sulfide) groups is 1. The van der Waals surface area contributed by atoms with Gasteiger partial charge >= 0.3 is 0 Å². The van der Waals surface area contributed by atoms with Gasteiger partial charge in [-0.05, 0) is 24.8 Å². The molecule has 1 aromatic heterocycles. The highest BCUT2D eigenvalue weighted by atomic mass is 32.2. The number of carbonyl (C=O) groups excluding carboxylic acids is 2. The Bertz CT molecular complexity index is 495. The average molecular weight is 321 g/mol. The molecule has 120 valence electrons. The SMILES string of the molecule is CSCCNC(=O)[C@H]1CCC(=O)N(CCc2ccccn2)C1. The van der Waals surface area contributed by atoms with Crippen molar-refractivity contribution in [3.63, 3.8) is 0 Å². The molecule has 0 aromatic carbocycles. The van der Waals surface area contributed by atoms with Crippen molar-refractivity contribution in [2.75, 3.05) is 31.6 Å². The number of nitrogens with one attached hydrogen (secondary N) is 1. The molecular formula is C16H23N3O2S. The summed E-state index contributed by atoms with van der Waals surface area (Å²) in [6.45, 7) is 1.85. The second-order valence-electron chi connectivity index (χ2n) is 5.43. The third kappa shape index (κ3) is 5.02. The van der Waals surface area contributed by atoms with Crippen molar-refractivity contribution in [3.05, 3.63) is 30.1 Å². The van der Waals surface area contributed by atoms with Crippen molar-refractivity contribution < 1.29 is 9.59 Å². The van der Waals surface area contributed by atoms with Crippen LogP contribution in [-0.4, -0.2) is 53.3 Å². The van der Waals surface area contributed by atoms with Crippen LogP contribution >= 0.6 is 11.8 Å². The molecule has 0 radical (unpaired) electrons. The predicted octanol–water partition coefficient (Wildman–Crippen LogP) is 1.34. The lowest BCUT2D eigenvalue weighted by Crippen LogP contribution is -2.46. The van der Waals surface area contributed by atoms with Crippen LogP contribution < -0.4 is 5.32 Å². The molecule has 1 fully saturated rings. The minimum absolute atomic E-state index is 0.0735. The molecule has 1 aliphatic rings. The van der Waals surface area contributed by atoms with Gasteiger partial charge < -0.3 is 10.2 Å². The number of likely N-dealkylation sites (tertiary alicyclic amines) is 1. The van der Waals surface area contributed by atoms with Crippen LogP contribution in [0.4, 0.5) is 0 Å². The number of hydrogen-bond acceptors (Lipinski definition) is 4. The zero-order valence-corrected chi connectivity index (χ0v) is 13.8. The van der Waals surface area contributed by atoms with Gasteiger partial charge in [-0.1, -0.05) is 6.07 Å². The van der Waals surface area contributed by atoms with Gasteiger partial charge in [0.1, 0.15) is 0 Å². The van der Waals surface area contributed by atoms with E-state index in [1.54, 1.807) is 22.9 Å². The minimum Gasteiger partial charge on any atom is -0.355 e. The fourth-order valence-electron chi connectivity index (χ4n) is 2.56. The van der Waals surface area contributed by atoms with E-state index in [0.29, 0.717) is 32.5 Å². The van der Waals surface area contributed by atoms with Crippen LogP contribution in [0.3, 0.4) is 0 Å². The first-order valence-corrected chi connectivity index (χ1v) is 9.04. The van der Waals surface area contributed by atoms with E-state index in [-0.39, 0.29) is 17.7 Å². The summed E-state index contributed by atoms with van der Waals surface area (Å²) < 4.78 is 0. The first kappa shape index (κ1) is 16.8. The second-order valence-corrected chi connectivity index (χ2v) is 6.42. The summed E-state index contributed by atoms with van der Waals surface area (Å²) >= 11 is 1.71. The summed E-state index contributed by atoms with van der Waals surface area (Å²) in [6.07, 6.45) is 5.63. The van der Waals surface area contributed by atoms with E-state index in [1.807, 2.05) is 24.5 Å². The Balaban J connectivity index is 1.82. The maximum absolute atomic E-state index is 12.1. The summed E-state index contributed by atoms with van der Waals surface area (Å²) in [5.74, 6) is 1.05. The lowest BCUT2D eigenvalue weighted by atomic mass is 9.96. The fraction of sp³-hybridized carbons (Fsp3) is 0.562. The largest absolute Gasteiger partial charge is 0.355 e. The Morgan fingerprint density at radius 3 is 3.09 bits per heavy atom. The Morgan fingerprint density at radius 1 is 1.50 bits per heavy atom. The molecule has 1 aliphatic heterocycles. The molecule has 0 bridgehead atoms. The lowest BCUT2D eigenvalue weighted by molar-refractivity contribution is -0.138. The van der Waals surface area contributed by atoms with Gasteiger partial charge in [-0.2, -0.15) is 11.8 Å². The number of nitrogens with zero attached hydrogens (tertiary/aromatic N) is 2. The minimum atomic E-state index is -0.0803. The third-order valence-corrected chi connectivity index (χ3v) is 4.45. The summed E-state index contributed by atoms with van der Waals surface area (Å²) in [5, 5.41) is 2.95. The molecule has 1 atom stereocenters. The van der Waals surface area contributed by atoms with Crippen molar-refractivity contribution in [3.8, 4) is 0 Å². The highest BCUT2D eigenvalue weighted by molar-refractivity contribution is 7.98. The molecule has 0 aliphatic carbocycles. The van der Waals surface area contributed by atoms with Crippen LogP contribution in [0.15, 0.2) is 24.4 Å². The molecule has 5 nitrogen and oxygen atoms in total. The van der Waals surface area contributed by atoms with Gasteiger partial charge in [0.2, 0.25) is 11.8 Å². The average Bonchev–Trinajstić information content (AvgIpc) is 2.55. The molecule has 0 spiro atoms. The topological polar surface area (TPSA) is 62.3 Å². The third-order valence-electron chi connectivity index (χ3n) is 3.84. The maximum Gasteiger partial charge on any atom is 0.224 e. The Kier molecular flexibility index (Phi) is 6.71. The zero-order chi connectivity index (χ0) is 15.8. The van der Waals surface area contributed by atoms with E-state index in [0.717, 1.165) is 17.9 Å². The molecule has 1 saturated heterocycles. The predicted molar refractivity (Wildman–Crippen MR) is 88.6 cm³/mol. The number of aromatic nitrogens is 1. The van der Waals surface area contributed by atoms with Gasteiger partial charge in [0.25, 0.3) is 0 Å². The smallest absolute Gasteiger partial charge is 0.224 e. The maximum atomic E-state index is 12.1. The summed E-state index contributed by atoms with van der Waals surface area (Å²) in [7, 11) is 0. The van der Waals surface area contributed by atoms with Crippen LogP contribution in [0.25, 0.3) is 0 Å². The van der Waals surface area contributed by atoms with Crippen molar-refractivity contribution in [1.82, 2.24) is 15.2 Å². The van der Waals surface area contributed by atoms with Crippen LogP contribution in [0, 0.1) is 5.92 Å². The second kappa shape index (κ2) is 8.78. The van der Waals surface area contributed by atoms with Crippen molar-refractivity contribution in [2.24, 2.45) is 5.92 Å². The monoisotopic (exact) mass is 321 g/mol. The van der Waals surface area contributed by atoms with E-state index in [2.05, 4.69) is 10.3 Å². The van der Waals surface area contributed by atoms with Crippen LogP contribution in [0.1, 0.15) is 18.5 Å². The molecule has 0 saturated carbocycles. The lowest BCUT2D eigenvalue weighted by Gasteiger charge is -2.32. The molecule has 22 heavy (non-hydrogen) atoms. The van der Waals surface area contributed by atoms with Gasteiger partial charge in [0.05, 0.1) is 5.92 Å². The van der Waals surface area contributed by atoms with Gasteiger partial charge in [-0.25, -0.2) is 0 Å². The van der Waals surface area contributed by atoms with E-state index in [1.165, 1.54) is 0 Å². The number of piperidine rings is 1. The van der Waals surface area contributed by atoms with E-state index in [9.17, 15) is 9.59 Å². The molecule has 1 N–H and O–H groups in total. The van der Waals surface area contributed by atoms with E-state index >= 15 is 0 Å². The summed E-state index contributed by atoms with van der Waals surface area (Å²) in [6, 6.07) is 5.79. The molecule has 1 aromatic rings. The van der Waals surface area contributed by atoms with Gasteiger partial charge in [0.15, 0.2) is 0 Å². The molecular weight excluding hydrogens is 298 g/mol. The van der Waals surface area contributed by atoms with Crippen molar-refractivity contribution in [1.29, 1.82) is 0 Å². The number of rotatable bonds is 7. The normalized spacial score (nSPS) is 18.3. The summed E-state index contributed by atoms with van der Waals surface area (Å²) in [5.41, 5.74) is 0.974. The zero-order valence-electron chi connectivity index (χ0n) is 13.0. The molecule has 2 rings (SSSR count). The number of carbonyl (C=O) groups is 2. The van der Waals surface area contributed by atoms with Crippen molar-refractivity contribution in [2.45, 2.75) is 19.3 Å².